The normalized spacial score (nSPS) is 27.7. The van der Waals surface area contributed by atoms with E-state index >= 15 is 0 Å². The highest BCUT2D eigenvalue weighted by molar-refractivity contribution is 4.87. The van der Waals surface area contributed by atoms with Gasteiger partial charge < -0.3 is 10.8 Å². The molecule has 0 saturated heterocycles. The van der Waals surface area contributed by atoms with Gasteiger partial charge in [-0.25, -0.2) is 0 Å². The van der Waals surface area contributed by atoms with E-state index in [1.807, 2.05) is 6.92 Å². The molecule has 1 aliphatic carbocycles. The molecule has 102 valence electrons. The zero-order valence-corrected chi connectivity index (χ0v) is 10.1. The number of nitrogens with zero attached hydrogens (tertiary/aromatic N) is 1. The Balaban J connectivity index is 2.59. The summed E-state index contributed by atoms with van der Waals surface area (Å²) in [7, 11) is 0. The van der Waals surface area contributed by atoms with Crippen molar-refractivity contribution in [1.82, 2.24) is 4.90 Å². The van der Waals surface area contributed by atoms with Crippen molar-refractivity contribution in [1.29, 1.82) is 0 Å². The zero-order valence-electron chi connectivity index (χ0n) is 10.1. The molecule has 6 heteroatoms. The van der Waals surface area contributed by atoms with Crippen LogP contribution in [-0.2, 0) is 0 Å². The Hall–Kier alpha value is -0.330. The number of aliphatic hydroxyl groups excluding tert-OH is 1. The summed E-state index contributed by atoms with van der Waals surface area (Å²) in [6.45, 7) is 2.48. The number of hydrogen-bond acceptors (Lipinski definition) is 3. The average molecular weight is 254 g/mol. The third kappa shape index (κ3) is 3.82. The Labute approximate surface area is 99.8 Å². The van der Waals surface area contributed by atoms with E-state index in [9.17, 15) is 13.2 Å². The van der Waals surface area contributed by atoms with Gasteiger partial charge in [-0.1, -0.05) is 13.3 Å². The van der Waals surface area contributed by atoms with Crippen LogP contribution in [0.4, 0.5) is 13.2 Å². The van der Waals surface area contributed by atoms with E-state index < -0.39 is 12.3 Å². The highest BCUT2D eigenvalue weighted by Crippen LogP contribution is 2.30. The maximum atomic E-state index is 12.3. The summed E-state index contributed by atoms with van der Waals surface area (Å²) in [5, 5.41) is 9.11. The molecule has 0 bridgehead atoms. The predicted molar refractivity (Wildman–Crippen MR) is 59.5 cm³/mol. The summed E-state index contributed by atoms with van der Waals surface area (Å²) < 4.78 is 36.9. The van der Waals surface area contributed by atoms with Gasteiger partial charge in [-0.2, -0.15) is 13.2 Å². The summed E-state index contributed by atoms with van der Waals surface area (Å²) in [6.07, 6.45) is -3.95. The van der Waals surface area contributed by atoms with Crippen molar-refractivity contribution in [2.24, 2.45) is 11.7 Å². The van der Waals surface area contributed by atoms with Crippen LogP contribution in [0.3, 0.4) is 0 Å². The van der Waals surface area contributed by atoms with E-state index in [-0.39, 0.29) is 18.5 Å². The van der Waals surface area contributed by atoms with Gasteiger partial charge in [0.25, 0.3) is 0 Å². The van der Waals surface area contributed by atoms with Crippen LogP contribution in [0.5, 0.6) is 0 Å². The first-order valence-corrected chi connectivity index (χ1v) is 6.09. The van der Waals surface area contributed by atoms with E-state index in [2.05, 4.69) is 0 Å². The predicted octanol–water partition coefficient (Wildman–Crippen LogP) is 1.36. The zero-order chi connectivity index (χ0) is 13.1. The number of likely N-dealkylation sites (N-methyl/N-ethyl adjacent to an activating group) is 1. The molecule has 0 radical (unpaired) electrons. The molecule has 3 N–H and O–H groups in total. The second-order valence-corrected chi connectivity index (χ2v) is 4.64. The Morgan fingerprint density at radius 3 is 2.53 bits per heavy atom. The van der Waals surface area contributed by atoms with Gasteiger partial charge in [0.2, 0.25) is 0 Å². The smallest absolute Gasteiger partial charge is 0.382 e. The molecule has 1 rings (SSSR count). The quantitative estimate of drug-likeness (QED) is 0.779. The molecular weight excluding hydrogens is 233 g/mol. The van der Waals surface area contributed by atoms with Crippen molar-refractivity contribution in [2.45, 2.75) is 44.5 Å². The van der Waals surface area contributed by atoms with Gasteiger partial charge >= 0.3 is 6.18 Å². The van der Waals surface area contributed by atoms with Gasteiger partial charge in [-0.15, -0.1) is 0 Å². The van der Waals surface area contributed by atoms with Gasteiger partial charge in [-0.3, -0.25) is 4.90 Å². The first kappa shape index (κ1) is 14.7. The Kier molecular flexibility index (Phi) is 5.22. The summed E-state index contributed by atoms with van der Waals surface area (Å²) >= 11 is 0. The molecule has 0 aromatic heterocycles. The number of hydrogen-bond donors (Lipinski definition) is 2. The van der Waals surface area contributed by atoms with Gasteiger partial charge in [0.15, 0.2) is 6.10 Å². The van der Waals surface area contributed by atoms with Crippen LogP contribution in [0.2, 0.25) is 0 Å². The molecule has 0 spiro atoms. The molecule has 0 aliphatic heterocycles. The second-order valence-electron chi connectivity index (χ2n) is 4.64. The molecule has 0 heterocycles. The van der Waals surface area contributed by atoms with E-state index in [1.165, 1.54) is 0 Å². The number of rotatable bonds is 5. The van der Waals surface area contributed by atoms with Crippen LogP contribution in [0, 0.1) is 5.92 Å². The van der Waals surface area contributed by atoms with E-state index in [0.29, 0.717) is 13.1 Å². The first-order valence-electron chi connectivity index (χ1n) is 6.09. The SMILES string of the molecule is CCN(CC(O)C(F)(F)F)C1CCCC1CN. The fraction of sp³-hybridized carbons (Fsp3) is 1.00. The Bertz CT molecular complexity index is 235. The van der Waals surface area contributed by atoms with Crippen LogP contribution < -0.4 is 5.73 Å². The van der Waals surface area contributed by atoms with Crippen molar-refractivity contribution in [3.63, 3.8) is 0 Å². The van der Waals surface area contributed by atoms with Gasteiger partial charge in [0.05, 0.1) is 0 Å². The standard InChI is InChI=1S/C11H21F3N2O/c1-2-16(7-10(17)11(12,13)14)9-5-3-4-8(9)6-15/h8-10,17H,2-7,15H2,1H3. The lowest BCUT2D eigenvalue weighted by atomic mass is 10.0. The molecule has 1 saturated carbocycles. The lowest BCUT2D eigenvalue weighted by Gasteiger charge is -2.33. The number of halogens is 3. The topological polar surface area (TPSA) is 49.5 Å². The molecule has 1 fully saturated rings. The van der Waals surface area contributed by atoms with Crippen LogP contribution in [0.25, 0.3) is 0 Å². The lowest BCUT2D eigenvalue weighted by Crippen LogP contribution is -2.47. The van der Waals surface area contributed by atoms with E-state index in [1.54, 1.807) is 4.90 Å². The van der Waals surface area contributed by atoms with E-state index in [0.717, 1.165) is 19.3 Å². The largest absolute Gasteiger partial charge is 0.415 e. The fourth-order valence-corrected chi connectivity index (χ4v) is 2.60. The van der Waals surface area contributed by atoms with Crippen LogP contribution in [0.15, 0.2) is 0 Å². The number of alkyl halides is 3. The summed E-state index contributed by atoms with van der Waals surface area (Å²) in [5.41, 5.74) is 5.62. The summed E-state index contributed by atoms with van der Waals surface area (Å²) in [6, 6.07) is 0.0852. The van der Waals surface area contributed by atoms with Crippen LogP contribution >= 0.6 is 0 Å². The highest BCUT2D eigenvalue weighted by Gasteiger charge is 2.41. The van der Waals surface area contributed by atoms with Gasteiger partial charge in [-0.05, 0) is 31.8 Å². The minimum atomic E-state index is -4.54. The van der Waals surface area contributed by atoms with Crippen molar-refractivity contribution in [3.05, 3.63) is 0 Å². The third-order valence-electron chi connectivity index (χ3n) is 3.58. The van der Waals surface area contributed by atoms with Crippen LogP contribution in [-0.4, -0.2) is 48.0 Å². The number of nitrogens with two attached hydrogens (primary N) is 1. The van der Waals surface area contributed by atoms with Crippen molar-refractivity contribution in [2.75, 3.05) is 19.6 Å². The van der Waals surface area contributed by atoms with Gasteiger partial charge in [0, 0.05) is 12.6 Å². The maximum absolute atomic E-state index is 12.3. The van der Waals surface area contributed by atoms with Crippen LogP contribution in [0.1, 0.15) is 26.2 Å². The summed E-state index contributed by atoms with van der Waals surface area (Å²) in [4.78, 5) is 1.71. The highest BCUT2D eigenvalue weighted by atomic mass is 19.4. The van der Waals surface area contributed by atoms with E-state index in [4.69, 9.17) is 10.8 Å². The van der Waals surface area contributed by atoms with Crippen molar-refractivity contribution >= 4 is 0 Å². The first-order chi connectivity index (χ1) is 7.90. The minimum absolute atomic E-state index is 0.0852. The van der Waals surface area contributed by atoms with Crippen molar-refractivity contribution < 1.29 is 18.3 Å². The van der Waals surface area contributed by atoms with Gasteiger partial charge in [0.1, 0.15) is 0 Å². The molecule has 3 unspecified atom stereocenters. The fourth-order valence-electron chi connectivity index (χ4n) is 2.60. The molecule has 0 aromatic carbocycles. The van der Waals surface area contributed by atoms with Crippen molar-refractivity contribution in [3.8, 4) is 0 Å². The summed E-state index contributed by atoms with van der Waals surface area (Å²) in [5.74, 6) is 0.260. The Morgan fingerprint density at radius 2 is 2.06 bits per heavy atom. The minimum Gasteiger partial charge on any atom is -0.382 e. The molecule has 3 atom stereocenters. The molecule has 0 aromatic rings. The maximum Gasteiger partial charge on any atom is 0.415 e. The molecule has 0 amide bonds. The second kappa shape index (κ2) is 6.02. The molecule has 3 nitrogen and oxygen atoms in total. The lowest BCUT2D eigenvalue weighted by molar-refractivity contribution is -0.209. The molecular formula is C11H21F3N2O. The molecule has 1 aliphatic rings. The monoisotopic (exact) mass is 254 g/mol. The number of aliphatic hydroxyl groups is 1. The average Bonchev–Trinajstić information content (AvgIpc) is 2.71. The Morgan fingerprint density at radius 1 is 1.41 bits per heavy atom. The third-order valence-corrected chi connectivity index (χ3v) is 3.58. The molecule has 17 heavy (non-hydrogen) atoms.